The van der Waals surface area contributed by atoms with E-state index in [0.29, 0.717) is 11.4 Å². The van der Waals surface area contributed by atoms with Gasteiger partial charge in [-0.3, -0.25) is 0 Å². The summed E-state index contributed by atoms with van der Waals surface area (Å²) in [4.78, 5) is 0.186. The number of nitrogens with zero attached hydrogens (tertiary/aromatic N) is 2. The number of halogens is 3. The van der Waals surface area contributed by atoms with Crippen LogP contribution in [0.15, 0.2) is 89.8 Å². The summed E-state index contributed by atoms with van der Waals surface area (Å²) < 4.78 is 66.9. The van der Waals surface area contributed by atoms with E-state index in [-0.39, 0.29) is 17.3 Å². The molecule has 0 bridgehead atoms. The third kappa shape index (κ3) is 5.07. The molecule has 0 aliphatic carbocycles. The first-order valence-electron chi connectivity index (χ1n) is 9.81. The second-order valence-electron chi connectivity index (χ2n) is 7.25. The molecule has 0 saturated carbocycles. The molecule has 1 heterocycles. The molecule has 0 spiro atoms. The molecule has 0 aliphatic rings. The SMILES string of the molecule is Nc1cc(-c2ccc(CNS(=O)(=O)c3ccccc3)cc2)nn1-c1ccc(C(F)(F)F)cc1. The number of nitrogens with one attached hydrogen (secondary N) is 1. The first kappa shape index (κ1) is 22.6. The lowest BCUT2D eigenvalue weighted by Crippen LogP contribution is -2.23. The number of sulfonamides is 1. The Kier molecular flexibility index (Phi) is 5.96. The van der Waals surface area contributed by atoms with E-state index in [4.69, 9.17) is 5.73 Å². The number of hydrogen-bond acceptors (Lipinski definition) is 4. The van der Waals surface area contributed by atoms with E-state index in [0.717, 1.165) is 23.3 Å². The number of nitrogen functional groups attached to an aromatic ring is 1. The van der Waals surface area contributed by atoms with Gasteiger partial charge >= 0.3 is 6.18 Å². The van der Waals surface area contributed by atoms with Gasteiger partial charge in [-0.2, -0.15) is 18.3 Å². The summed E-state index contributed by atoms with van der Waals surface area (Å²) in [6.07, 6.45) is -4.42. The van der Waals surface area contributed by atoms with E-state index in [1.165, 1.54) is 28.9 Å². The number of rotatable bonds is 6. The number of nitrogens with two attached hydrogens (primary N) is 1. The largest absolute Gasteiger partial charge is 0.416 e. The number of aromatic nitrogens is 2. The zero-order valence-corrected chi connectivity index (χ0v) is 17.9. The Morgan fingerprint density at radius 2 is 1.55 bits per heavy atom. The lowest BCUT2D eigenvalue weighted by atomic mass is 10.1. The fourth-order valence-electron chi connectivity index (χ4n) is 3.19. The Hall–Kier alpha value is -3.63. The number of benzene rings is 3. The average Bonchev–Trinajstić information content (AvgIpc) is 3.20. The highest BCUT2D eigenvalue weighted by Gasteiger charge is 2.30. The highest BCUT2D eigenvalue weighted by molar-refractivity contribution is 7.89. The van der Waals surface area contributed by atoms with Crippen LogP contribution in [-0.2, 0) is 22.7 Å². The van der Waals surface area contributed by atoms with Gasteiger partial charge in [0.05, 0.1) is 21.8 Å². The van der Waals surface area contributed by atoms with E-state index in [1.807, 2.05) is 0 Å². The van der Waals surface area contributed by atoms with Crippen molar-refractivity contribution >= 4 is 15.8 Å². The minimum Gasteiger partial charge on any atom is -0.384 e. The van der Waals surface area contributed by atoms with Crippen LogP contribution in [0.1, 0.15) is 11.1 Å². The summed E-state index contributed by atoms with van der Waals surface area (Å²) in [5.41, 5.74) is 7.66. The molecule has 0 aliphatic heterocycles. The molecule has 170 valence electrons. The van der Waals surface area contributed by atoms with E-state index in [9.17, 15) is 21.6 Å². The van der Waals surface area contributed by atoms with Crippen molar-refractivity contribution in [2.75, 3.05) is 5.73 Å². The standard InChI is InChI=1S/C23H19F3N4O2S/c24-23(25,26)18-10-12-19(13-11-18)30-22(27)14-21(29-30)17-8-6-16(7-9-17)15-28-33(31,32)20-4-2-1-3-5-20/h1-14,28H,15,27H2. The molecule has 33 heavy (non-hydrogen) atoms. The number of hydrogen-bond donors (Lipinski definition) is 2. The van der Waals surface area contributed by atoms with Gasteiger partial charge in [0.15, 0.2) is 0 Å². The van der Waals surface area contributed by atoms with Crippen molar-refractivity contribution in [3.05, 3.63) is 96.1 Å². The van der Waals surface area contributed by atoms with Crippen molar-refractivity contribution in [1.29, 1.82) is 0 Å². The molecule has 4 aromatic rings. The van der Waals surface area contributed by atoms with Crippen molar-refractivity contribution in [3.63, 3.8) is 0 Å². The molecule has 0 fully saturated rings. The fraction of sp³-hybridized carbons (Fsp3) is 0.0870. The Bertz CT molecular complexity index is 1350. The maximum absolute atomic E-state index is 12.8. The molecule has 3 aromatic carbocycles. The fourth-order valence-corrected chi connectivity index (χ4v) is 4.23. The van der Waals surface area contributed by atoms with Crippen molar-refractivity contribution in [2.24, 2.45) is 0 Å². The summed E-state index contributed by atoms with van der Waals surface area (Å²) in [5.74, 6) is 0.268. The second-order valence-corrected chi connectivity index (χ2v) is 9.01. The van der Waals surface area contributed by atoms with Gasteiger partial charge in [-0.05, 0) is 42.0 Å². The Morgan fingerprint density at radius 1 is 0.909 bits per heavy atom. The lowest BCUT2D eigenvalue weighted by molar-refractivity contribution is -0.137. The summed E-state index contributed by atoms with van der Waals surface area (Å²) in [7, 11) is -3.62. The Labute approximate surface area is 188 Å². The first-order valence-corrected chi connectivity index (χ1v) is 11.3. The van der Waals surface area contributed by atoms with Crippen LogP contribution in [0.2, 0.25) is 0 Å². The maximum Gasteiger partial charge on any atom is 0.416 e. The zero-order chi connectivity index (χ0) is 23.6. The van der Waals surface area contributed by atoms with Crippen molar-refractivity contribution < 1.29 is 21.6 Å². The number of alkyl halides is 3. The van der Waals surface area contributed by atoms with Crippen LogP contribution < -0.4 is 10.5 Å². The summed E-state index contributed by atoms with van der Waals surface area (Å²) in [5, 5.41) is 4.40. The Morgan fingerprint density at radius 3 is 2.15 bits per heavy atom. The van der Waals surface area contributed by atoms with E-state index < -0.39 is 21.8 Å². The van der Waals surface area contributed by atoms with Gasteiger partial charge in [0, 0.05) is 18.2 Å². The Balaban J connectivity index is 1.48. The summed E-state index contributed by atoms with van der Waals surface area (Å²) in [6, 6.07) is 21.3. The highest BCUT2D eigenvalue weighted by Crippen LogP contribution is 2.30. The molecule has 0 saturated heterocycles. The molecule has 4 rings (SSSR count). The van der Waals surface area contributed by atoms with Gasteiger partial charge in [-0.25, -0.2) is 17.8 Å². The van der Waals surface area contributed by atoms with Crippen LogP contribution in [0.25, 0.3) is 16.9 Å². The van der Waals surface area contributed by atoms with Crippen LogP contribution in [0.3, 0.4) is 0 Å². The van der Waals surface area contributed by atoms with Gasteiger partial charge in [0.1, 0.15) is 5.82 Å². The zero-order valence-electron chi connectivity index (χ0n) is 17.1. The molecule has 6 nitrogen and oxygen atoms in total. The van der Waals surface area contributed by atoms with Crippen LogP contribution >= 0.6 is 0 Å². The van der Waals surface area contributed by atoms with Crippen molar-refractivity contribution in [1.82, 2.24) is 14.5 Å². The van der Waals surface area contributed by atoms with E-state index in [2.05, 4.69) is 9.82 Å². The highest BCUT2D eigenvalue weighted by atomic mass is 32.2. The van der Waals surface area contributed by atoms with Crippen LogP contribution in [-0.4, -0.2) is 18.2 Å². The van der Waals surface area contributed by atoms with Gasteiger partial charge in [-0.15, -0.1) is 0 Å². The van der Waals surface area contributed by atoms with Crippen LogP contribution in [0.4, 0.5) is 19.0 Å². The molecule has 3 N–H and O–H groups in total. The lowest BCUT2D eigenvalue weighted by Gasteiger charge is -2.08. The van der Waals surface area contributed by atoms with E-state index in [1.54, 1.807) is 48.5 Å². The molecule has 0 unspecified atom stereocenters. The van der Waals surface area contributed by atoms with Gasteiger partial charge in [-0.1, -0.05) is 42.5 Å². The quantitative estimate of drug-likeness (QED) is 0.429. The topological polar surface area (TPSA) is 90.0 Å². The summed E-state index contributed by atoms with van der Waals surface area (Å²) >= 11 is 0. The number of anilines is 1. The molecule has 0 atom stereocenters. The normalized spacial score (nSPS) is 12.1. The molecular weight excluding hydrogens is 453 g/mol. The predicted molar refractivity (Wildman–Crippen MR) is 119 cm³/mol. The van der Waals surface area contributed by atoms with E-state index >= 15 is 0 Å². The molecule has 0 amide bonds. The monoisotopic (exact) mass is 472 g/mol. The predicted octanol–water partition coefficient (Wildman–Crippen LogP) is 4.62. The van der Waals surface area contributed by atoms with Gasteiger partial charge in [0.25, 0.3) is 0 Å². The molecule has 0 radical (unpaired) electrons. The van der Waals surface area contributed by atoms with Crippen LogP contribution in [0.5, 0.6) is 0 Å². The molecule has 1 aromatic heterocycles. The van der Waals surface area contributed by atoms with Crippen molar-refractivity contribution in [2.45, 2.75) is 17.6 Å². The minimum atomic E-state index is -4.42. The smallest absolute Gasteiger partial charge is 0.384 e. The summed E-state index contributed by atoms with van der Waals surface area (Å²) in [6.45, 7) is 0.111. The van der Waals surface area contributed by atoms with Crippen molar-refractivity contribution in [3.8, 4) is 16.9 Å². The average molecular weight is 472 g/mol. The first-order chi connectivity index (χ1) is 15.6. The van der Waals surface area contributed by atoms with Crippen LogP contribution in [0, 0.1) is 0 Å². The van der Waals surface area contributed by atoms with Gasteiger partial charge < -0.3 is 5.73 Å². The third-order valence-electron chi connectivity index (χ3n) is 4.95. The molecular formula is C23H19F3N4O2S. The third-order valence-corrected chi connectivity index (χ3v) is 6.36. The van der Waals surface area contributed by atoms with Gasteiger partial charge in [0.2, 0.25) is 10.0 Å². The maximum atomic E-state index is 12.8. The molecule has 10 heteroatoms. The minimum absolute atomic E-state index is 0.111. The second kappa shape index (κ2) is 8.72.